The maximum absolute atomic E-state index is 6.61. The Morgan fingerprint density at radius 2 is 0.854 bits per heavy atom. The Hall–Kier alpha value is -2.80. The molecule has 0 spiro atoms. The third kappa shape index (κ3) is 6.20. The van der Waals surface area contributed by atoms with Gasteiger partial charge in [-0.3, -0.25) is 0 Å². The molecule has 0 amide bonds. The van der Waals surface area contributed by atoms with Crippen molar-refractivity contribution < 1.29 is 4.74 Å². The van der Waals surface area contributed by atoms with Gasteiger partial charge in [0.1, 0.15) is 5.75 Å². The van der Waals surface area contributed by atoms with Crippen LogP contribution in [0, 0.1) is 0 Å². The molecule has 1 heteroatoms. The van der Waals surface area contributed by atoms with Gasteiger partial charge in [-0.05, 0) is 116 Å². The standard InChI is InChI=1S/C40H52O/c1-11-18-41-37-28-14-12-26-20-32(38(2,3)4)24-30-19-31-25-33(39(5,6)7)21-27(36(31)17-16-35(26)30)13-15-29(37)23-34(22-28)40(8,9)10/h16-17,20-25H,11-15,18-19H2,1-10H3. The van der Waals surface area contributed by atoms with Crippen LogP contribution in [-0.2, 0) is 48.3 Å². The fourth-order valence-electron chi connectivity index (χ4n) is 6.42. The fraction of sp³-hybridized carbons (Fsp3) is 0.500. The third-order valence-corrected chi connectivity index (χ3v) is 9.12. The molecule has 0 aromatic heterocycles. The molecule has 3 aromatic rings. The van der Waals surface area contributed by atoms with Gasteiger partial charge in [0.2, 0.25) is 0 Å². The van der Waals surface area contributed by atoms with E-state index in [0.717, 1.165) is 50.9 Å². The molecular formula is C40H52O. The van der Waals surface area contributed by atoms with Crippen LogP contribution in [0.25, 0.3) is 12.2 Å². The number of hydrogen-bond donors (Lipinski definition) is 0. The second-order valence-corrected chi connectivity index (χ2v) is 15.6. The van der Waals surface area contributed by atoms with Gasteiger partial charge in [0.25, 0.3) is 0 Å². The average molecular weight is 549 g/mol. The largest absolute Gasteiger partial charge is 0.493 e. The van der Waals surface area contributed by atoms with Gasteiger partial charge in [0.15, 0.2) is 0 Å². The smallest absolute Gasteiger partial charge is 0.125 e. The van der Waals surface area contributed by atoms with Gasteiger partial charge in [-0.1, -0.05) is 118 Å². The molecule has 4 bridgehead atoms. The summed E-state index contributed by atoms with van der Waals surface area (Å²) in [7, 11) is 0. The zero-order valence-corrected chi connectivity index (χ0v) is 27.5. The first kappa shape index (κ1) is 29.7. The Balaban J connectivity index is 1.80. The lowest BCUT2D eigenvalue weighted by atomic mass is 9.79. The van der Waals surface area contributed by atoms with E-state index in [9.17, 15) is 0 Å². The van der Waals surface area contributed by atoms with E-state index in [0.29, 0.717) is 0 Å². The second kappa shape index (κ2) is 10.8. The number of benzene rings is 3. The topological polar surface area (TPSA) is 9.23 Å². The lowest BCUT2D eigenvalue weighted by molar-refractivity contribution is 0.310. The van der Waals surface area contributed by atoms with E-state index in [-0.39, 0.29) is 16.2 Å². The molecule has 0 radical (unpaired) electrons. The van der Waals surface area contributed by atoms with Gasteiger partial charge in [0.05, 0.1) is 6.61 Å². The van der Waals surface area contributed by atoms with Crippen molar-refractivity contribution in [3.8, 4) is 5.75 Å². The summed E-state index contributed by atoms with van der Waals surface area (Å²) < 4.78 is 6.61. The van der Waals surface area contributed by atoms with E-state index >= 15 is 0 Å². The molecule has 0 heterocycles. The summed E-state index contributed by atoms with van der Waals surface area (Å²) in [6.07, 6.45) is 10.9. The van der Waals surface area contributed by atoms with E-state index in [2.05, 4.69) is 118 Å². The number of rotatable bonds is 3. The van der Waals surface area contributed by atoms with Crippen molar-refractivity contribution in [3.63, 3.8) is 0 Å². The van der Waals surface area contributed by atoms with Crippen molar-refractivity contribution in [3.05, 3.63) is 97.6 Å². The van der Waals surface area contributed by atoms with Crippen LogP contribution in [0.4, 0.5) is 0 Å². The van der Waals surface area contributed by atoms with E-state index in [1.807, 2.05) is 0 Å². The molecule has 2 aliphatic carbocycles. The monoisotopic (exact) mass is 548 g/mol. The third-order valence-electron chi connectivity index (χ3n) is 9.12. The average Bonchev–Trinajstić information content (AvgIpc) is 3.06. The molecule has 0 fully saturated rings. The molecule has 2 aliphatic rings. The van der Waals surface area contributed by atoms with E-state index in [1.54, 1.807) is 0 Å². The summed E-state index contributed by atoms with van der Waals surface area (Å²) in [6, 6.07) is 14.9. The molecule has 0 saturated heterocycles. The summed E-state index contributed by atoms with van der Waals surface area (Å²) >= 11 is 0. The van der Waals surface area contributed by atoms with Crippen LogP contribution < -0.4 is 4.74 Å². The quantitative estimate of drug-likeness (QED) is 0.247. The van der Waals surface area contributed by atoms with Crippen molar-refractivity contribution in [2.75, 3.05) is 6.61 Å². The van der Waals surface area contributed by atoms with Crippen LogP contribution in [0.1, 0.15) is 137 Å². The highest BCUT2D eigenvalue weighted by Crippen LogP contribution is 2.39. The second-order valence-electron chi connectivity index (χ2n) is 15.6. The minimum Gasteiger partial charge on any atom is -0.493 e. The molecule has 41 heavy (non-hydrogen) atoms. The Labute approximate surface area is 250 Å². The van der Waals surface area contributed by atoms with Crippen molar-refractivity contribution >= 4 is 12.2 Å². The van der Waals surface area contributed by atoms with Crippen LogP contribution in [0.3, 0.4) is 0 Å². The Kier molecular flexibility index (Phi) is 7.82. The molecule has 0 saturated carbocycles. The Morgan fingerprint density at radius 1 is 0.512 bits per heavy atom. The SMILES string of the molecule is CCCOc1c2cc(C(C)(C)C)cc1CCc1cc(C(C)(C)C)cc3c1C=Cc1c(cc(C(C)(C)C)cc1C3)CC2. The van der Waals surface area contributed by atoms with Gasteiger partial charge >= 0.3 is 0 Å². The lowest BCUT2D eigenvalue weighted by Gasteiger charge is -2.27. The summed E-state index contributed by atoms with van der Waals surface area (Å²) in [5.41, 5.74) is 16.1. The summed E-state index contributed by atoms with van der Waals surface area (Å²) in [5.74, 6) is 1.15. The Bertz CT molecular complexity index is 1380. The van der Waals surface area contributed by atoms with Crippen molar-refractivity contribution in [1.82, 2.24) is 0 Å². The first-order chi connectivity index (χ1) is 19.1. The molecular weight excluding hydrogens is 496 g/mol. The van der Waals surface area contributed by atoms with Gasteiger partial charge in [-0.25, -0.2) is 0 Å². The first-order valence-electron chi connectivity index (χ1n) is 15.9. The van der Waals surface area contributed by atoms with Crippen molar-refractivity contribution in [2.45, 2.75) is 124 Å². The molecule has 0 N–H and O–H groups in total. The lowest BCUT2D eigenvalue weighted by Crippen LogP contribution is -2.16. The van der Waals surface area contributed by atoms with Gasteiger partial charge in [-0.2, -0.15) is 0 Å². The minimum absolute atomic E-state index is 0.0860. The fourth-order valence-corrected chi connectivity index (χ4v) is 6.42. The zero-order valence-electron chi connectivity index (χ0n) is 27.5. The first-order valence-corrected chi connectivity index (χ1v) is 15.9. The minimum atomic E-state index is 0.0860. The predicted octanol–water partition coefficient (Wildman–Crippen LogP) is 10.3. The molecule has 3 aromatic carbocycles. The maximum Gasteiger partial charge on any atom is 0.125 e. The van der Waals surface area contributed by atoms with Gasteiger partial charge < -0.3 is 4.74 Å². The van der Waals surface area contributed by atoms with Crippen LogP contribution in [0.15, 0.2) is 36.4 Å². The predicted molar refractivity (Wildman–Crippen MR) is 178 cm³/mol. The van der Waals surface area contributed by atoms with Crippen LogP contribution in [0.5, 0.6) is 5.75 Å². The van der Waals surface area contributed by atoms with E-state index < -0.39 is 0 Å². The summed E-state index contributed by atoms with van der Waals surface area (Å²) in [4.78, 5) is 0. The number of fused-ring (bicyclic) bond motifs is 2. The molecule has 0 atom stereocenters. The van der Waals surface area contributed by atoms with E-state index in [1.165, 1.54) is 61.2 Å². The zero-order chi connectivity index (χ0) is 29.7. The highest BCUT2D eigenvalue weighted by molar-refractivity contribution is 5.79. The molecule has 0 unspecified atom stereocenters. The van der Waals surface area contributed by atoms with Gasteiger partial charge in [0, 0.05) is 0 Å². The highest BCUT2D eigenvalue weighted by Gasteiger charge is 2.26. The summed E-state index contributed by atoms with van der Waals surface area (Å²) in [5, 5.41) is 0. The van der Waals surface area contributed by atoms with Crippen LogP contribution in [0.2, 0.25) is 0 Å². The molecule has 1 nitrogen and oxygen atoms in total. The van der Waals surface area contributed by atoms with Crippen molar-refractivity contribution in [2.24, 2.45) is 0 Å². The van der Waals surface area contributed by atoms with Crippen LogP contribution >= 0.6 is 0 Å². The molecule has 5 rings (SSSR count). The summed E-state index contributed by atoms with van der Waals surface area (Å²) in [6.45, 7) is 24.1. The van der Waals surface area contributed by atoms with Crippen LogP contribution in [-0.4, -0.2) is 6.61 Å². The number of hydrogen-bond acceptors (Lipinski definition) is 1. The maximum atomic E-state index is 6.61. The molecule has 218 valence electrons. The Morgan fingerprint density at radius 3 is 1.22 bits per heavy atom. The number of aryl methyl sites for hydroxylation is 4. The molecule has 0 aliphatic heterocycles. The normalized spacial score (nSPS) is 15.2. The highest BCUT2D eigenvalue weighted by atomic mass is 16.5. The van der Waals surface area contributed by atoms with Crippen molar-refractivity contribution in [1.29, 1.82) is 0 Å². The van der Waals surface area contributed by atoms with E-state index in [4.69, 9.17) is 4.74 Å². The number of ether oxygens (including phenoxy) is 1. The van der Waals surface area contributed by atoms with Gasteiger partial charge in [-0.15, -0.1) is 0 Å².